The van der Waals surface area contributed by atoms with E-state index in [2.05, 4.69) is 208 Å². The SMILES string of the molecule is CC1(C)c2ccccc2-c2cc(-c3ccc(-c4cccc(-c5cc(-c6ccc(-c7ccccc7)cc6)nc(-c6ccc(-c7ccccc7)cc6)n5)c4)cc3)ccc21. The predicted molar refractivity (Wildman–Crippen MR) is 238 cm³/mol. The van der Waals surface area contributed by atoms with Gasteiger partial charge in [-0.25, -0.2) is 9.97 Å². The van der Waals surface area contributed by atoms with E-state index in [-0.39, 0.29) is 5.41 Å². The Morgan fingerprint density at radius 3 is 1.30 bits per heavy atom. The second-order valence-electron chi connectivity index (χ2n) is 15.4. The van der Waals surface area contributed by atoms with Crippen LogP contribution in [0.4, 0.5) is 0 Å². The summed E-state index contributed by atoms with van der Waals surface area (Å²) in [6.07, 6.45) is 0. The standard InChI is InChI=1S/C55H40N2/c1-55(2)50-19-10-9-18-48(50)49-35-46(32-33-51(49)55)42-22-20-41(21-23-42)45-16-11-17-47(34-45)53-36-52(43-28-24-39(25-29-43)37-12-5-3-6-13-37)56-54(57-53)44-30-26-40(27-31-44)38-14-7-4-8-15-38/h3-36H,1-2H3. The van der Waals surface area contributed by atoms with E-state index in [1.807, 2.05) is 12.1 Å². The van der Waals surface area contributed by atoms with Gasteiger partial charge in [-0.1, -0.05) is 202 Å². The van der Waals surface area contributed by atoms with E-state index >= 15 is 0 Å². The zero-order chi connectivity index (χ0) is 38.3. The highest BCUT2D eigenvalue weighted by molar-refractivity contribution is 5.85. The molecular weight excluding hydrogens is 689 g/mol. The summed E-state index contributed by atoms with van der Waals surface area (Å²) in [7, 11) is 0. The monoisotopic (exact) mass is 728 g/mol. The Labute approximate surface area is 334 Å². The Balaban J connectivity index is 0.994. The Morgan fingerprint density at radius 2 is 0.684 bits per heavy atom. The number of nitrogens with zero attached hydrogens (tertiary/aromatic N) is 2. The number of hydrogen-bond acceptors (Lipinski definition) is 2. The summed E-state index contributed by atoms with van der Waals surface area (Å²) in [5, 5.41) is 0. The van der Waals surface area contributed by atoms with Crippen molar-refractivity contribution in [1.29, 1.82) is 0 Å². The van der Waals surface area contributed by atoms with Crippen LogP contribution >= 0.6 is 0 Å². The van der Waals surface area contributed by atoms with Crippen LogP contribution in [-0.2, 0) is 5.41 Å². The van der Waals surface area contributed by atoms with Crippen LogP contribution in [0.2, 0.25) is 0 Å². The minimum absolute atomic E-state index is 0.00449. The van der Waals surface area contributed by atoms with Gasteiger partial charge >= 0.3 is 0 Å². The first-order valence-electron chi connectivity index (χ1n) is 19.6. The Hall–Kier alpha value is -7.16. The van der Waals surface area contributed by atoms with Crippen LogP contribution in [0.25, 0.3) is 89.5 Å². The van der Waals surface area contributed by atoms with Gasteiger partial charge in [0.1, 0.15) is 0 Å². The van der Waals surface area contributed by atoms with Gasteiger partial charge in [0.05, 0.1) is 11.4 Å². The lowest BCUT2D eigenvalue weighted by Gasteiger charge is -2.21. The summed E-state index contributed by atoms with van der Waals surface area (Å²) >= 11 is 0. The second-order valence-corrected chi connectivity index (χ2v) is 15.4. The van der Waals surface area contributed by atoms with Crippen molar-refractivity contribution in [3.8, 4) is 89.5 Å². The van der Waals surface area contributed by atoms with E-state index in [9.17, 15) is 0 Å². The smallest absolute Gasteiger partial charge is 0.160 e. The second kappa shape index (κ2) is 14.2. The normalized spacial score (nSPS) is 12.5. The lowest BCUT2D eigenvalue weighted by Crippen LogP contribution is -2.14. The lowest BCUT2D eigenvalue weighted by atomic mass is 9.82. The third kappa shape index (κ3) is 6.46. The van der Waals surface area contributed by atoms with E-state index in [0.29, 0.717) is 5.82 Å². The highest BCUT2D eigenvalue weighted by Crippen LogP contribution is 2.49. The fourth-order valence-electron chi connectivity index (χ4n) is 8.39. The molecule has 1 aromatic heterocycles. The molecule has 10 rings (SSSR count). The molecule has 0 saturated carbocycles. The zero-order valence-corrected chi connectivity index (χ0v) is 32.0. The van der Waals surface area contributed by atoms with Gasteiger partial charge in [0.2, 0.25) is 0 Å². The van der Waals surface area contributed by atoms with Gasteiger partial charge < -0.3 is 0 Å². The maximum absolute atomic E-state index is 5.20. The highest BCUT2D eigenvalue weighted by atomic mass is 14.9. The van der Waals surface area contributed by atoms with Crippen molar-refractivity contribution in [3.63, 3.8) is 0 Å². The molecule has 2 heteroatoms. The molecule has 0 bridgehead atoms. The van der Waals surface area contributed by atoms with Crippen molar-refractivity contribution in [3.05, 3.63) is 217 Å². The van der Waals surface area contributed by atoms with Crippen LogP contribution in [0.1, 0.15) is 25.0 Å². The lowest BCUT2D eigenvalue weighted by molar-refractivity contribution is 0.660. The Bertz CT molecular complexity index is 2770. The van der Waals surface area contributed by atoms with Gasteiger partial charge in [-0.3, -0.25) is 0 Å². The minimum atomic E-state index is 0.00449. The average molecular weight is 729 g/mol. The van der Waals surface area contributed by atoms with Crippen LogP contribution in [-0.4, -0.2) is 9.97 Å². The van der Waals surface area contributed by atoms with Crippen LogP contribution in [0.3, 0.4) is 0 Å². The van der Waals surface area contributed by atoms with Gasteiger partial charge in [-0.15, -0.1) is 0 Å². The maximum atomic E-state index is 5.20. The minimum Gasteiger partial charge on any atom is -0.228 e. The fourth-order valence-corrected chi connectivity index (χ4v) is 8.39. The third-order valence-corrected chi connectivity index (χ3v) is 11.6. The molecule has 2 nitrogen and oxygen atoms in total. The van der Waals surface area contributed by atoms with Crippen molar-refractivity contribution < 1.29 is 0 Å². The molecule has 8 aromatic carbocycles. The zero-order valence-electron chi connectivity index (χ0n) is 32.0. The number of fused-ring (bicyclic) bond motifs is 3. The molecule has 0 unspecified atom stereocenters. The summed E-state index contributed by atoms with van der Waals surface area (Å²) in [4.78, 5) is 10.4. The van der Waals surface area contributed by atoms with Crippen molar-refractivity contribution in [2.45, 2.75) is 19.3 Å². The first-order valence-corrected chi connectivity index (χ1v) is 19.6. The Kier molecular flexibility index (Phi) is 8.53. The molecule has 1 aliphatic carbocycles. The largest absolute Gasteiger partial charge is 0.228 e. The summed E-state index contributed by atoms with van der Waals surface area (Å²) in [6, 6.07) is 73.8. The predicted octanol–water partition coefficient (Wildman–Crippen LogP) is 14.5. The molecule has 0 radical (unpaired) electrons. The van der Waals surface area contributed by atoms with Gasteiger partial charge in [0, 0.05) is 22.1 Å². The van der Waals surface area contributed by atoms with E-state index in [0.717, 1.165) is 44.8 Å². The molecule has 1 aliphatic rings. The van der Waals surface area contributed by atoms with Crippen molar-refractivity contribution in [2.24, 2.45) is 0 Å². The molecule has 0 atom stereocenters. The summed E-state index contributed by atoms with van der Waals surface area (Å²) < 4.78 is 0. The van der Waals surface area contributed by atoms with E-state index in [1.54, 1.807) is 0 Å². The van der Waals surface area contributed by atoms with E-state index < -0.39 is 0 Å². The van der Waals surface area contributed by atoms with Crippen molar-refractivity contribution in [1.82, 2.24) is 9.97 Å². The first kappa shape index (κ1) is 34.3. The summed E-state index contributed by atoms with van der Waals surface area (Å²) in [5.74, 6) is 0.698. The molecule has 0 aliphatic heterocycles. The van der Waals surface area contributed by atoms with Gasteiger partial charge in [-0.05, 0) is 85.0 Å². The molecular formula is C55H40N2. The first-order chi connectivity index (χ1) is 28.0. The van der Waals surface area contributed by atoms with Crippen LogP contribution in [0.15, 0.2) is 206 Å². The van der Waals surface area contributed by atoms with Crippen molar-refractivity contribution >= 4 is 0 Å². The van der Waals surface area contributed by atoms with Crippen LogP contribution < -0.4 is 0 Å². The molecule has 57 heavy (non-hydrogen) atoms. The number of aromatic nitrogens is 2. The van der Waals surface area contributed by atoms with Gasteiger partial charge in [0.25, 0.3) is 0 Å². The topological polar surface area (TPSA) is 25.8 Å². The van der Waals surface area contributed by atoms with Gasteiger partial charge in [-0.2, -0.15) is 0 Å². The molecule has 0 amide bonds. The Morgan fingerprint density at radius 1 is 0.281 bits per heavy atom. The quantitative estimate of drug-likeness (QED) is 0.163. The summed E-state index contributed by atoms with van der Waals surface area (Å²) in [6.45, 7) is 4.66. The highest BCUT2D eigenvalue weighted by Gasteiger charge is 2.35. The number of hydrogen-bond donors (Lipinski definition) is 0. The van der Waals surface area contributed by atoms with Crippen LogP contribution in [0.5, 0.6) is 0 Å². The van der Waals surface area contributed by atoms with Gasteiger partial charge in [0.15, 0.2) is 5.82 Å². The molecule has 9 aromatic rings. The number of benzene rings is 8. The molecule has 0 fully saturated rings. The molecule has 0 saturated heterocycles. The van der Waals surface area contributed by atoms with Crippen molar-refractivity contribution in [2.75, 3.05) is 0 Å². The molecule has 0 spiro atoms. The third-order valence-electron chi connectivity index (χ3n) is 11.6. The van der Waals surface area contributed by atoms with E-state index in [4.69, 9.17) is 9.97 Å². The van der Waals surface area contributed by atoms with E-state index in [1.165, 1.54) is 50.1 Å². The number of rotatable bonds is 7. The summed E-state index contributed by atoms with van der Waals surface area (Å²) in [5.41, 5.74) is 19.8. The molecule has 1 heterocycles. The fraction of sp³-hybridized carbons (Fsp3) is 0.0545. The van der Waals surface area contributed by atoms with Crippen LogP contribution in [0, 0.1) is 0 Å². The maximum Gasteiger partial charge on any atom is 0.160 e. The molecule has 270 valence electrons. The molecule has 0 N–H and O–H groups in total. The average Bonchev–Trinajstić information content (AvgIpc) is 3.52.